The van der Waals surface area contributed by atoms with Crippen LogP contribution in [0.3, 0.4) is 0 Å². The molecule has 3 heterocycles. The Morgan fingerprint density at radius 3 is 2.59 bits per heavy atom. The molecule has 0 fully saturated rings. The number of fused-ring (bicyclic) bond motifs is 1. The zero-order chi connectivity index (χ0) is 23.0. The van der Waals surface area contributed by atoms with E-state index in [1.165, 1.54) is 22.9 Å². The van der Waals surface area contributed by atoms with Gasteiger partial charge in [-0.25, -0.2) is 9.78 Å². The number of rotatable bonds is 5. The zero-order valence-electron chi connectivity index (χ0n) is 16.6. The number of hydrogen-bond donors (Lipinski definition) is 2. The second kappa shape index (κ2) is 8.78. The summed E-state index contributed by atoms with van der Waals surface area (Å²) in [6.07, 6.45) is 2.87. The van der Waals surface area contributed by atoms with Crippen molar-refractivity contribution in [3.05, 3.63) is 95.2 Å². The molecule has 1 amide bonds. The number of benzene rings is 1. The van der Waals surface area contributed by atoms with Crippen molar-refractivity contribution in [3.8, 4) is 5.88 Å². The molecule has 0 radical (unpaired) electrons. The second-order valence-corrected chi connectivity index (χ2v) is 8.87. The van der Waals surface area contributed by atoms with Crippen molar-refractivity contribution in [2.24, 2.45) is 0 Å². The van der Waals surface area contributed by atoms with Crippen LogP contribution in [0.4, 0.5) is 0 Å². The Hall–Kier alpha value is -3.14. The molecule has 0 spiro atoms. The summed E-state index contributed by atoms with van der Waals surface area (Å²) in [7, 11) is 0. The molecule has 0 atom stereocenters. The van der Waals surface area contributed by atoms with Crippen molar-refractivity contribution in [1.82, 2.24) is 19.3 Å². The van der Waals surface area contributed by atoms with Gasteiger partial charge in [0.15, 0.2) is 0 Å². The average molecular weight is 491 g/mol. The molecule has 1 aromatic carbocycles. The summed E-state index contributed by atoms with van der Waals surface area (Å²) in [4.78, 5) is 42.9. The van der Waals surface area contributed by atoms with Gasteiger partial charge in [-0.05, 0) is 30.2 Å². The van der Waals surface area contributed by atoms with Crippen LogP contribution in [0.15, 0.2) is 52.3 Å². The summed E-state index contributed by atoms with van der Waals surface area (Å²) in [5.41, 5.74) is 0.710. The van der Waals surface area contributed by atoms with E-state index in [0.29, 0.717) is 31.6 Å². The Bertz CT molecular complexity index is 1460. The number of nitrogens with one attached hydrogen (secondary N) is 1. The van der Waals surface area contributed by atoms with Crippen molar-refractivity contribution in [3.63, 3.8) is 0 Å². The van der Waals surface area contributed by atoms with Gasteiger partial charge in [-0.15, -0.1) is 11.3 Å². The van der Waals surface area contributed by atoms with Gasteiger partial charge in [-0.1, -0.05) is 35.3 Å². The molecule has 0 saturated carbocycles. The van der Waals surface area contributed by atoms with Gasteiger partial charge in [0.1, 0.15) is 9.71 Å². The number of aromatic hydroxyl groups is 1. The summed E-state index contributed by atoms with van der Waals surface area (Å²) < 4.78 is 2.40. The molecule has 0 bridgehead atoms. The number of hydrogen-bond acceptors (Lipinski definition) is 6. The molecular weight excluding hydrogens is 475 g/mol. The molecule has 4 rings (SSSR count). The predicted octanol–water partition coefficient (Wildman–Crippen LogP) is 3.22. The average Bonchev–Trinajstić information content (AvgIpc) is 3.23. The first-order valence-electron chi connectivity index (χ1n) is 9.36. The minimum absolute atomic E-state index is 0.0174. The number of halogens is 2. The molecule has 0 saturated heterocycles. The van der Waals surface area contributed by atoms with Crippen LogP contribution in [0.5, 0.6) is 5.88 Å². The van der Waals surface area contributed by atoms with Gasteiger partial charge in [-0.3, -0.25) is 18.6 Å². The summed E-state index contributed by atoms with van der Waals surface area (Å²) in [5, 5.41) is 12.7. The van der Waals surface area contributed by atoms with Crippen LogP contribution in [0.2, 0.25) is 10.0 Å². The van der Waals surface area contributed by atoms with Crippen molar-refractivity contribution in [2.45, 2.75) is 20.0 Å². The van der Waals surface area contributed by atoms with Gasteiger partial charge in [0.25, 0.3) is 11.5 Å². The minimum Gasteiger partial charge on any atom is -0.493 e. The van der Waals surface area contributed by atoms with E-state index >= 15 is 0 Å². The topological polar surface area (TPSA) is 106 Å². The van der Waals surface area contributed by atoms with Crippen LogP contribution in [0.1, 0.15) is 26.4 Å². The molecular formula is C21H16Cl2N4O4S. The third kappa shape index (κ3) is 4.27. The SMILES string of the molecule is Cc1c(=O)n(Cc2ccc(Cl)c(Cl)c2)c(=O)n2cc(C(=O)NCc3ccc(O)nc3)sc12. The number of nitrogens with zero attached hydrogens (tertiary/aromatic N) is 3. The van der Waals surface area contributed by atoms with Gasteiger partial charge < -0.3 is 10.4 Å². The molecule has 32 heavy (non-hydrogen) atoms. The van der Waals surface area contributed by atoms with Gasteiger partial charge >= 0.3 is 5.69 Å². The van der Waals surface area contributed by atoms with Crippen LogP contribution in [0.25, 0.3) is 4.83 Å². The van der Waals surface area contributed by atoms with Gasteiger partial charge in [0, 0.05) is 30.6 Å². The first kappa shape index (κ1) is 22.1. The second-order valence-electron chi connectivity index (χ2n) is 7.03. The van der Waals surface area contributed by atoms with E-state index in [1.54, 1.807) is 31.2 Å². The molecule has 11 heteroatoms. The lowest BCUT2D eigenvalue weighted by molar-refractivity contribution is 0.0954. The number of pyridine rings is 1. The maximum atomic E-state index is 13.0. The van der Waals surface area contributed by atoms with Crippen LogP contribution < -0.4 is 16.6 Å². The van der Waals surface area contributed by atoms with E-state index in [1.807, 2.05) is 0 Å². The van der Waals surface area contributed by atoms with E-state index < -0.39 is 17.2 Å². The Kier molecular flexibility index (Phi) is 6.05. The standard InChI is InChI=1S/C21H16Cl2N4O4S/c1-11-19(30)26(9-12-2-4-14(22)15(23)6-12)21(31)27-10-16(32-20(11)27)18(29)25-8-13-3-5-17(28)24-7-13/h2-7,10H,8-9H2,1H3,(H,24,28)(H,25,29). The van der Waals surface area contributed by atoms with Gasteiger partial charge in [-0.2, -0.15) is 0 Å². The highest BCUT2D eigenvalue weighted by Gasteiger charge is 2.18. The largest absolute Gasteiger partial charge is 0.493 e. The normalized spacial score (nSPS) is 11.1. The van der Waals surface area contributed by atoms with Crippen molar-refractivity contribution in [1.29, 1.82) is 0 Å². The smallest absolute Gasteiger partial charge is 0.336 e. The molecule has 0 aliphatic rings. The quantitative estimate of drug-likeness (QED) is 0.446. The van der Waals surface area contributed by atoms with Crippen LogP contribution >= 0.6 is 34.5 Å². The maximum Gasteiger partial charge on any atom is 0.336 e. The van der Waals surface area contributed by atoms with Crippen LogP contribution in [0, 0.1) is 6.92 Å². The van der Waals surface area contributed by atoms with Crippen molar-refractivity contribution < 1.29 is 9.90 Å². The highest BCUT2D eigenvalue weighted by atomic mass is 35.5. The Morgan fingerprint density at radius 2 is 1.91 bits per heavy atom. The number of thiazole rings is 1. The summed E-state index contributed by atoms with van der Waals surface area (Å²) in [5.74, 6) is -0.504. The molecule has 2 N–H and O–H groups in total. The first-order chi connectivity index (χ1) is 15.2. The Morgan fingerprint density at radius 1 is 1.16 bits per heavy atom. The number of amides is 1. The highest BCUT2D eigenvalue weighted by Crippen LogP contribution is 2.23. The molecule has 0 aliphatic carbocycles. The maximum absolute atomic E-state index is 13.0. The van der Waals surface area contributed by atoms with Crippen LogP contribution in [-0.2, 0) is 13.1 Å². The number of aryl methyl sites for hydroxylation is 1. The summed E-state index contributed by atoms with van der Waals surface area (Å²) in [6.45, 7) is 1.82. The minimum atomic E-state index is -0.556. The lowest BCUT2D eigenvalue weighted by atomic mass is 10.2. The monoisotopic (exact) mass is 490 g/mol. The predicted molar refractivity (Wildman–Crippen MR) is 123 cm³/mol. The number of carbonyl (C=O) groups excluding carboxylic acids is 1. The third-order valence-corrected chi connectivity index (χ3v) is 6.75. The fourth-order valence-electron chi connectivity index (χ4n) is 3.12. The molecule has 8 nitrogen and oxygen atoms in total. The van der Waals surface area contributed by atoms with Gasteiger partial charge in [0.2, 0.25) is 5.88 Å². The van der Waals surface area contributed by atoms with E-state index in [0.717, 1.165) is 15.9 Å². The molecule has 0 aliphatic heterocycles. The first-order valence-corrected chi connectivity index (χ1v) is 10.9. The lowest BCUT2D eigenvalue weighted by Gasteiger charge is -2.08. The van der Waals surface area contributed by atoms with E-state index in [4.69, 9.17) is 23.2 Å². The molecule has 3 aromatic heterocycles. The zero-order valence-corrected chi connectivity index (χ0v) is 19.0. The summed E-state index contributed by atoms with van der Waals surface area (Å²) in [6, 6.07) is 7.95. The fraction of sp³-hybridized carbons (Fsp3) is 0.143. The number of aromatic nitrogens is 3. The van der Waals surface area contributed by atoms with Crippen LogP contribution in [-0.4, -0.2) is 25.0 Å². The molecule has 0 unspecified atom stereocenters. The fourth-order valence-corrected chi connectivity index (χ4v) is 4.44. The van der Waals surface area contributed by atoms with Gasteiger partial charge in [0.05, 0.1) is 16.6 Å². The third-order valence-electron chi connectivity index (χ3n) is 4.81. The Balaban J connectivity index is 1.65. The lowest BCUT2D eigenvalue weighted by Crippen LogP contribution is -2.38. The molecule has 164 valence electrons. The van der Waals surface area contributed by atoms with E-state index in [2.05, 4.69) is 10.3 Å². The summed E-state index contributed by atoms with van der Waals surface area (Å²) >= 11 is 13.0. The van der Waals surface area contributed by atoms with E-state index in [-0.39, 0.29) is 23.8 Å². The van der Waals surface area contributed by atoms with Crippen molar-refractivity contribution in [2.75, 3.05) is 0 Å². The van der Waals surface area contributed by atoms with Crippen molar-refractivity contribution >= 4 is 45.3 Å². The number of carbonyl (C=O) groups is 1. The van der Waals surface area contributed by atoms with E-state index in [9.17, 15) is 19.5 Å². The molecule has 4 aromatic rings. The Labute approximate surface area is 195 Å². The highest BCUT2D eigenvalue weighted by molar-refractivity contribution is 7.19.